The van der Waals surface area contributed by atoms with Crippen molar-refractivity contribution in [3.63, 3.8) is 0 Å². The first kappa shape index (κ1) is 18.3. The van der Waals surface area contributed by atoms with E-state index in [2.05, 4.69) is 22.5 Å². The molecule has 2 N–H and O–H groups in total. The second kappa shape index (κ2) is 8.23. The van der Waals surface area contributed by atoms with Crippen LogP contribution in [0.3, 0.4) is 0 Å². The lowest BCUT2D eigenvalue weighted by molar-refractivity contribution is 0.0893. The maximum Gasteiger partial charge on any atom is 0.323 e. The molecule has 1 heterocycles. The lowest BCUT2D eigenvalue weighted by Crippen LogP contribution is -2.39. The number of nitrogens with zero attached hydrogens (tertiary/aromatic N) is 1. The van der Waals surface area contributed by atoms with Gasteiger partial charge in [-0.2, -0.15) is 0 Å². The van der Waals surface area contributed by atoms with Crippen molar-refractivity contribution in [1.82, 2.24) is 0 Å². The highest BCUT2D eigenvalue weighted by atomic mass is 16.5. The highest BCUT2D eigenvalue weighted by Gasteiger charge is 2.19. The molecule has 1 saturated heterocycles. The molecule has 0 aromatic heterocycles. The minimum Gasteiger partial charge on any atom is -0.380 e. The van der Waals surface area contributed by atoms with Crippen LogP contribution in [0.1, 0.15) is 24.0 Å². The monoisotopic (exact) mass is 353 g/mol. The second-order valence-electron chi connectivity index (χ2n) is 6.87. The Morgan fingerprint density at radius 2 is 1.73 bits per heavy atom. The van der Waals surface area contributed by atoms with Crippen LogP contribution in [0.15, 0.2) is 42.5 Å². The van der Waals surface area contributed by atoms with Gasteiger partial charge in [0.2, 0.25) is 0 Å². The molecular weight excluding hydrogens is 326 g/mol. The highest BCUT2D eigenvalue weighted by molar-refractivity contribution is 5.99. The Morgan fingerprint density at radius 3 is 2.42 bits per heavy atom. The predicted octanol–water partition coefficient (Wildman–Crippen LogP) is 4.56. The smallest absolute Gasteiger partial charge is 0.323 e. The van der Waals surface area contributed by atoms with E-state index < -0.39 is 0 Å². The van der Waals surface area contributed by atoms with Crippen LogP contribution in [0.25, 0.3) is 0 Å². The maximum absolute atomic E-state index is 12.2. The molecule has 0 saturated carbocycles. The van der Waals surface area contributed by atoms with Crippen molar-refractivity contribution in [2.24, 2.45) is 0 Å². The van der Waals surface area contributed by atoms with E-state index in [-0.39, 0.29) is 6.03 Å². The molecule has 1 aliphatic rings. The van der Waals surface area contributed by atoms with Gasteiger partial charge < -0.3 is 20.3 Å². The zero-order valence-corrected chi connectivity index (χ0v) is 15.7. The third kappa shape index (κ3) is 4.55. The normalized spacial score (nSPS) is 17.0. The number of nitrogens with one attached hydrogen (secondary N) is 2. The fraction of sp³-hybridized carbons (Fsp3) is 0.381. The average molecular weight is 353 g/mol. The summed E-state index contributed by atoms with van der Waals surface area (Å²) in [4.78, 5) is 14.5. The first-order chi connectivity index (χ1) is 12.5. The van der Waals surface area contributed by atoms with Gasteiger partial charge in [-0.05, 0) is 74.2 Å². The predicted molar refractivity (Wildman–Crippen MR) is 107 cm³/mol. The van der Waals surface area contributed by atoms with E-state index in [4.69, 9.17) is 4.74 Å². The van der Waals surface area contributed by atoms with Crippen molar-refractivity contribution >= 4 is 23.1 Å². The number of hydrogen-bond donors (Lipinski definition) is 2. The minimum atomic E-state index is -0.238. The lowest BCUT2D eigenvalue weighted by atomic mass is 10.1. The van der Waals surface area contributed by atoms with Crippen LogP contribution in [0.5, 0.6) is 0 Å². The number of methoxy groups -OCH3 is 1. The SMILES string of the molecule is COC1CCCN(c2ccc(NC(=O)Nc3ccc(C)c(C)c3)cc2)C1. The number of carbonyl (C=O) groups excluding carboxylic acids is 1. The van der Waals surface area contributed by atoms with Crippen molar-refractivity contribution in [3.05, 3.63) is 53.6 Å². The van der Waals surface area contributed by atoms with E-state index >= 15 is 0 Å². The number of benzene rings is 2. The van der Waals surface area contributed by atoms with Gasteiger partial charge in [-0.3, -0.25) is 0 Å². The fourth-order valence-corrected chi connectivity index (χ4v) is 3.23. The summed E-state index contributed by atoms with van der Waals surface area (Å²) in [6.07, 6.45) is 2.55. The lowest BCUT2D eigenvalue weighted by Gasteiger charge is -2.33. The maximum atomic E-state index is 12.2. The quantitative estimate of drug-likeness (QED) is 0.847. The highest BCUT2D eigenvalue weighted by Crippen LogP contribution is 2.23. The summed E-state index contributed by atoms with van der Waals surface area (Å²) in [7, 11) is 1.77. The molecule has 1 fully saturated rings. The van der Waals surface area contributed by atoms with Crippen molar-refractivity contribution in [2.75, 3.05) is 35.7 Å². The molecule has 0 radical (unpaired) electrons. The average Bonchev–Trinajstić information content (AvgIpc) is 2.65. The summed E-state index contributed by atoms with van der Waals surface area (Å²) in [6.45, 7) is 6.04. The van der Waals surface area contributed by atoms with Crippen LogP contribution < -0.4 is 15.5 Å². The first-order valence-corrected chi connectivity index (χ1v) is 9.08. The van der Waals surface area contributed by atoms with Gasteiger partial charge in [0.1, 0.15) is 0 Å². The van der Waals surface area contributed by atoms with Crippen LogP contribution >= 0.6 is 0 Å². The molecule has 5 nitrogen and oxygen atoms in total. The minimum absolute atomic E-state index is 0.238. The van der Waals surface area contributed by atoms with Crippen molar-refractivity contribution in [1.29, 1.82) is 0 Å². The molecule has 0 bridgehead atoms. The first-order valence-electron chi connectivity index (χ1n) is 9.08. The molecule has 2 aromatic carbocycles. The molecule has 2 amide bonds. The van der Waals surface area contributed by atoms with Gasteiger partial charge in [-0.25, -0.2) is 4.79 Å². The topological polar surface area (TPSA) is 53.6 Å². The molecule has 138 valence electrons. The zero-order chi connectivity index (χ0) is 18.5. The van der Waals surface area contributed by atoms with Crippen molar-refractivity contribution < 1.29 is 9.53 Å². The van der Waals surface area contributed by atoms with Crippen LogP contribution in [0, 0.1) is 13.8 Å². The van der Waals surface area contributed by atoms with Gasteiger partial charge in [-0.1, -0.05) is 6.07 Å². The van der Waals surface area contributed by atoms with E-state index in [0.29, 0.717) is 6.10 Å². The Morgan fingerprint density at radius 1 is 1.04 bits per heavy atom. The van der Waals surface area contributed by atoms with E-state index in [1.165, 1.54) is 5.56 Å². The van der Waals surface area contributed by atoms with Gasteiger partial charge in [0.15, 0.2) is 0 Å². The number of hydrogen-bond acceptors (Lipinski definition) is 3. The van der Waals surface area contributed by atoms with Crippen molar-refractivity contribution in [2.45, 2.75) is 32.8 Å². The van der Waals surface area contributed by atoms with Crippen molar-refractivity contribution in [3.8, 4) is 0 Å². The Labute approximate surface area is 155 Å². The van der Waals surface area contributed by atoms with Gasteiger partial charge in [-0.15, -0.1) is 0 Å². The van der Waals surface area contributed by atoms with E-state index in [1.54, 1.807) is 7.11 Å². The van der Waals surface area contributed by atoms with Gasteiger partial charge in [0.25, 0.3) is 0 Å². The molecule has 3 rings (SSSR count). The summed E-state index contributed by atoms with van der Waals surface area (Å²) < 4.78 is 5.48. The largest absolute Gasteiger partial charge is 0.380 e. The number of carbonyl (C=O) groups is 1. The summed E-state index contributed by atoms with van der Waals surface area (Å²) in [5, 5.41) is 5.75. The number of urea groups is 1. The van der Waals surface area contributed by atoms with Crippen LogP contribution in [-0.4, -0.2) is 32.3 Å². The Balaban J connectivity index is 1.58. The molecular formula is C21H27N3O2. The summed E-state index contributed by atoms with van der Waals surface area (Å²) >= 11 is 0. The van der Waals surface area contributed by atoms with Gasteiger partial charge in [0, 0.05) is 37.3 Å². The molecule has 5 heteroatoms. The molecule has 26 heavy (non-hydrogen) atoms. The fourth-order valence-electron chi connectivity index (χ4n) is 3.23. The second-order valence-corrected chi connectivity index (χ2v) is 6.87. The van der Waals surface area contributed by atoms with E-state index in [1.807, 2.05) is 49.4 Å². The Kier molecular flexibility index (Phi) is 5.78. The molecule has 1 atom stereocenters. The molecule has 1 aliphatic heterocycles. The zero-order valence-electron chi connectivity index (χ0n) is 15.7. The number of anilines is 3. The van der Waals surface area contributed by atoms with Gasteiger partial charge >= 0.3 is 6.03 Å². The summed E-state index contributed by atoms with van der Waals surface area (Å²) in [5.41, 5.74) is 5.09. The van der Waals surface area contributed by atoms with E-state index in [0.717, 1.165) is 48.6 Å². The molecule has 1 unspecified atom stereocenters. The number of ether oxygens (including phenoxy) is 1. The Hall–Kier alpha value is -2.53. The molecule has 0 spiro atoms. The summed E-state index contributed by atoms with van der Waals surface area (Å²) in [5.74, 6) is 0. The molecule has 2 aromatic rings. The number of piperidine rings is 1. The third-order valence-electron chi connectivity index (χ3n) is 4.97. The summed E-state index contributed by atoms with van der Waals surface area (Å²) in [6, 6.07) is 13.6. The number of rotatable bonds is 4. The standard InChI is InChI=1S/C21H27N3O2/c1-15-6-7-18(13-16(15)2)23-21(25)22-17-8-10-19(11-9-17)24-12-4-5-20(14-24)26-3/h6-11,13,20H,4-5,12,14H2,1-3H3,(H2,22,23,25). The van der Waals surface area contributed by atoms with E-state index in [9.17, 15) is 4.79 Å². The molecule has 0 aliphatic carbocycles. The Bertz CT molecular complexity index is 758. The van der Waals surface area contributed by atoms with Crippen LogP contribution in [0.4, 0.5) is 21.9 Å². The number of amides is 2. The van der Waals surface area contributed by atoms with Crippen LogP contribution in [-0.2, 0) is 4.74 Å². The van der Waals surface area contributed by atoms with Gasteiger partial charge in [0.05, 0.1) is 6.10 Å². The third-order valence-corrected chi connectivity index (χ3v) is 4.97. The van der Waals surface area contributed by atoms with Crippen LogP contribution in [0.2, 0.25) is 0 Å². The number of aryl methyl sites for hydroxylation is 2.